The summed E-state index contributed by atoms with van der Waals surface area (Å²) in [5.41, 5.74) is 0. The highest BCUT2D eigenvalue weighted by molar-refractivity contribution is 7.10. The molecule has 1 saturated heterocycles. The highest BCUT2D eigenvalue weighted by Gasteiger charge is 2.27. The second-order valence-corrected chi connectivity index (χ2v) is 6.89. The van der Waals surface area contributed by atoms with E-state index in [0.29, 0.717) is 12.1 Å². The quantitative estimate of drug-likeness (QED) is 0.845. The molecule has 2 atom stereocenters. The number of ether oxygens (including phenoxy) is 1. The van der Waals surface area contributed by atoms with Gasteiger partial charge in [0.25, 0.3) is 0 Å². The monoisotopic (exact) mass is 279 g/mol. The minimum absolute atomic E-state index is 0.514. The van der Waals surface area contributed by atoms with Crippen LogP contribution in [0, 0.1) is 5.92 Å². The molecule has 0 aromatic carbocycles. The highest BCUT2D eigenvalue weighted by Crippen LogP contribution is 2.37. The Kier molecular flexibility index (Phi) is 4.91. The van der Waals surface area contributed by atoms with Crippen LogP contribution < -0.4 is 5.32 Å². The lowest BCUT2D eigenvalue weighted by atomic mass is 9.96. The largest absolute Gasteiger partial charge is 0.378 e. The fraction of sp³-hybridized carbons (Fsp3) is 0.750. The summed E-state index contributed by atoms with van der Waals surface area (Å²) < 4.78 is 5.71. The molecule has 2 nitrogen and oxygen atoms in total. The highest BCUT2D eigenvalue weighted by atomic mass is 32.1. The van der Waals surface area contributed by atoms with Crippen LogP contribution in [0.1, 0.15) is 55.9 Å². The van der Waals surface area contributed by atoms with Crippen molar-refractivity contribution >= 4 is 11.3 Å². The molecule has 2 fully saturated rings. The first-order chi connectivity index (χ1) is 9.43. The number of nitrogens with one attached hydrogen (secondary N) is 1. The Balaban J connectivity index is 1.53. The Labute approximate surface area is 120 Å². The van der Waals surface area contributed by atoms with Crippen molar-refractivity contribution in [2.24, 2.45) is 5.92 Å². The van der Waals surface area contributed by atoms with Crippen molar-refractivity contribution in [2.45, 2.75) is 57.1 Å². The van der Waals surface area contributed by atoms with E-state index in [2.05, 4.69) is 22.8 Å². The van der Waals surface area contributed by atoms with Gasteiger partial charge >= 0.3 is 0 Å². The van der Waals surface area contributed by atoms with E-state index in [1.54, 1.807) is 0 Å². The molecule has 1 aliphatic carbocycles. The van der Waals surface area contributed by atoms with E-state index in [1.165, 1.54) is 49.8 Å². The Bertz CT molecular complexity index is 353. The number of rotatable bonds is 6. The fourth-order valence-electron chi connectivity index (χ4n) is 3.53. The van der Waals surface area contributed by atoms with E-state index in [4.69, 9.17) is 4.74 Å². The van der Waals surface area contributed by atoms with Crippen LogP contribution >= 0.6 is 11.3 Å². The van der Waals surface area contributed by atoms with E-state index >= 15 is 0 Å². The van der Waals surface area contributed by atoms with Crippen LogP contribution in [0.2, 0.25) is 0 Å². The van der Waals surface area contributed by atoms with Crippen LogP contribution in [-0.4, -0.2) is 19.3 Å². The SMILES string of the molecule is c1csc(C(NCCC2CCCO2)C2CCCC2)c1. The molecule has 0 spiro atoms. The summed E-state index contributed by atoms with van der Waals surface area (Å²) in [4.78, 5) is 1.53. The van der Waals surface area contributed by atoms with Gasteiger partial charge in [-0.15, -0.1) is 11.3 Å². The lowest BCUT2D eigenvalue weighted by Crippen LogP contribution is -2.29. The minimum atomic E-state index is 0.514. The molecule has 1 aromatic heterocycles. The first-order valence-corrected chi connectivity index (χ1v) is 8.70. The summed E-state index contributed by atoms with van der Waals surface area (Å²) >= 11 is 1.91. The van der Waals surface area contributed by atoms with Crippen LogP contribution in [0.4, 0.5) is 0 Å². The van der Waals surface area contributed by atoms with Gasteiger partial charge in [-0.3, -0.25) is 0 Å². The second-order valence-electron chi connectivity index (χ2n) is 5.92. The van der Waals surface area contributed by atoms with Gasteiger partial charge in [0.1, 0.15) is 0 Å². The molecule has 0 amide bonds. The third-order valence-corrected chi connectivity index (χ3v) is 5.53. The molecular weight excluding hydrogens is 254 g/mol. The Morgan fingerprint density at radius 2 is 2.16 bits per heavy atom. The van der Waals surface area contributed by atoms with Gasteiger partial charge in [0.15, 0.2) is 0 Å². The van der Waals surface area contributed by atoms with Crippen molar-refractivity contribution in [3.63, 3.8) is 0 Å². The molecule has 106 valence electrons. The zero-order chi connectivity index (χ0) is 12.9. The fourth-order valence-corrected chi connectivity index (χ4v) is 4.42. The standard InChI is InChI=1S/C16H25NOS/c1-2-6-13(5-1)16(15-8-4-12-19-15)17-10-9-14-7-3-11-18-14/h4,8,12-14,16-17H,1-3,5-7,9-11H2. The summed E-state index contributed by atoms with van der Waals surface area (Å²) in [6.45, 7) is 2.07. The van der Waals surface area contributed by atoms with Crippen LogP contribution in [0.15, 0.2) is 17.5 Å². The Morgan fingerprint density at radius 1 is 1.26 bits per heavy atom. The molecule has 2 heterocycles. The molecule has 0 bridgehead atoms. The summed E-state index contributed by atoms with van der Waals surface area (Å²) in [5.74, 6) is 0.850. The van der Waals surface area contributed by atoms with Crippen LogP contribution in [0.5, 0.6) is 0 Å². The number of thiophene rings is 1. The van der Waals surface area contributed by atoms with Crippen molar-refractivity contribution in [1.82, 2.24) is 5.32 Å². The first kappa shape index (κ1) is 13.6. The van der Waals surface area contributed by atoms with Crippen molar-refractivity contribution in [3.8, 4) is 0 Å². The molecule has 3 rings (SSSR count). The maximum atomic E-state index is 5.71. The predicted molar refractivity (Wildman–Crippen MR) is 80.6 cm³/mol. The zero-order valence-electron chi connectivity index (χ0n) is 11.6. The first-order valence-electron chi connectivity index (χ1n) is 7.82. The summed E-state index contributed by atoms with van der Waals surface area (Å²) in [5, 5.41) is 6.03. The lowest BCUT2D eigenvalue weighted by Gasteiger charge is -2.24. The molecule has 19 heavy (non-hydrogen) atoms. The molecule has 1 saturated carbocycles. The molecule has 1 N–H and O–H groups in total. The van der Waals surface area contributed by atoms with Gasteiger partial charge in [-0.2, -0.15) is 0 Å². The van der Waals surface area contributed by atoms with E-state index in [-0.39, 0.29) is 0 Å². The van der Waals surface area contributed by atoms with Gasteiger partial charge < -0.3 is 10.1 Å². The van der Waals surface area contributed by atoms with E-state index in [1.807, 2.05) is 11.3 Å². The smallest absolute Gasteiger partial charge is 0.0588 e. The number of hydrogen-bond acceptors (Lipinski definition) is 3. The lowest BCUT2D eigenvalue weighted by molar-refractivity contribution is 0.103. The third kappa shape index (κ3) is 3.59. The molecule has 2 aliphatic rings. The maximum absolute atomic E-state index is 5.71. The van der Waals surface area contributed by atoms with Crippen molar-refractivity contribution in [1.29, 1.82) is 0 Å². The van der Waals surface area contributed by atoms with Gasteiger partial charge in [0.05, 0.1) is 6.10 Å². The Hall–Kier alpha value is -0.380. The molecule has 1 aromatic rings. The van der Waals surface area contributed by atoms with Crippen LogP contribution in [0.25, 0.3) is 0 Å². The van der Waals surface area contributed by atoms with Gasteiger partial charge in [-0.1, -0.05) is 18.9 Å². The van der Waals surface area contributed by atoms with E-state index in [0.717, 1.165) is 19.1 Å². The normalized spacial score (nSPS) is 26.0. The molecule has 2 unspecified atom stereocenters. The van der Waals surface area contributed by atoms with E-state index in [9.17, 15) is 0 Å². The van der Waals surface area contributed by atoms with Crippen LogP contribution in [-0.2, 0) is 4.74 Å². The van der Waals surface area contributed by atoms with E-state index < -0.39 is 0 Å². The number of hydrogen-bond donors (Lipinski definition) is 1. The summed E-state index contributed by atoms with van der Waals surface area (Å²) in [6, 6.07) is 5.07. The average Bonchev–Trinajstić information content (AvgIpc) is 3.15. The predicted octanol–water partition coefficient (Wildman–Crippen LogP) is 4.14. The van der Waals surface area contributed by atoms with Crippen molar-refractivity contribution < 1.29 is 4.74 Å². The van der Waals surface area contributed by atoms with Gasteiger partial charge in [-0.05, 0) is 56.0 Å². The average molecular weight is 279 g/mol. The maximum Gasteiger partial charge on any atom is 0.0588 e. The van der Waals surface area contributed by atoms with Gasteiger partial charge in [-0.25, -0.2) is 0 Å². The molecule has 3 heteroatoms. The molecular formula is C16H25NOS. The summed E-state index contributed by atoms with van der Waals surface area (Å²) in [6.07, 6.45) is 9.83. The van der Waals surface area contributed by atoms with Crippen molar-refractivity contribution in [3.05, 3.63) is 22.4 Å². The van der Waals surface area contributed by atoms with Crippen molar-refractivity contribution in [2.75, 3.05) is 13.2 Å². The van der Waals surface area contributed by atoms with Crippen LogP contribution in [0.3, 0.4) is 0 Å². The molecule has 1 aliphatic heterocycles. The molecule has 0 radical (unpaired) electrons. The topological polar surface area (TPSA) is 21.3 Å². The van der Waals surface area contributed by atoms with Gasteiger partial charge in [0, 0.05) is 17.5 Å². The minimum Gasteiger partial charge on any atom is -0.378 e. The second kappa shape index (κ2) is 6.87. The van der Waals surface area contributed by atoms with Gasteiger partial charge in [0.2, 0.25) is 0 Å². The third-order valence-electron chi connectivity index (χ3n) is 4.58. The summed E-state index contributed by atoms with van der Waals surface area (Å²) in [7, 11) is 0. The Morgan fingerprint density at radius 3 is 2.84 bits per heavy atom. The zero-order valence-corrected chi connectivity index (χ0v) is 12.5.